The van der Waals surface area contributed by atoms with Crippen LogP contribution in [0.3, 0.4) is 0 Å². The van der Waals surface area contributed by atoms with Crippen molar-refractivity contribution in [3.63, 3.8) is 0 Å². The van der Waals surface area contributed by atoms with E-state index in [0.717, 1.165) is 56.7 Å². The summed E-state index contributed by atoms with van der Waals surface area (Å²) >= 11 is 2.20. The fourth-order valence-electron chi connectivity index (χ4n) is 4.62. The number of hydrogen-bond donors (Lipinski definition) is 0. The van der Waals surface area contributed by atoms with Crippen LogP contribution in [-0.2, 0) is 9.05 Å². The third-order valence-electron chi connectivity index (χ3n) is 6.19. The van der Waals surface area contributed by atoms with Crippen LogP contribution in [0.15, 0.2) is 0 Å². The molecule has 0 saturated heterocycles. The van der Waals surface area contributed by atoms with Gasteiger partial charge < -0.3 is 9.05 Å². The van der Waals surface area contributed by atoms with Crippen molar-refractivity contribution in [1.29, 1.82) is 0 Å². The van der Waals surface area contributed by atoms with Gasteiger partial charge in [0.15, 0.2) is 0 Å². The van der Waals surface area contributed by atoms with Gasteiger partial charge in [0.2, 0.25) is 0 Å². The van der Waals surface area contributed by atoms with Gasteiger partial charge in [-0.2, -0.15) is 11.8 Å². The molecule has 0 aromatic carbocycles. The summed E-state index contributed by atoms with van der Waals surface area (Å²) in [5.41, 5.74) is 0. The van der Waals surface area contributed by atoms with Crippen molar-refractivity contribution < 1.29 is 9.05 Å². The van der Waals surface area contributed by atoms with Crippen molar-refractivity contribution in [2.45, 2.75) is 104 Å². The van der Waals surface area contributed by atoms with E-state index in [4.69, 9.17) is 9.05 Å². The highest BCUT2D eigenvalue weighted by molar-refractivity contribution is 7.99. The first-order chi connectivity index (χ1) is 14.6. The first-order valence-corrected chi connectivity index (χ1v) is 14.7. The Kier molecular flexibility index (Phi) is 13.3. The zero-order chi connectivity index (χ0) is 21.8. The van der Waals surface area contributed by atoms with E-state index in [1.54, 1.807) is 0 Å². The van der Waals surface area contributed by atoms with Gasteiger partial charge in [-0.05, 0) is 89.1 Å². The minimum Gasteiger partial charge on any atom is -0.322 e. The van der Waals surface area contributed by atoms with Gasteiger partial charge in [0, 0.05) is 24.9 Å². The molecule has 0 aliphatic heterocycles. The largest absolute Gasteiger partial charge is 0.322 e. The van der Waals surface area contributed by atoms with Gasteiger partial charge in [0.05, 0.1) is 13.2 Å². The smallest absolute Gasteiger partial charge is 0.259 e. The summed E-state index contributed by atoms with van der Waals surface area (Å²) in [4.78, 5) is 0. The number of thioether (sulfide) groups is 1. The molecule has 0 spiro atoms. The van der Waals surface area contributed by atoms with Crippen LogP contribution >= 0.6 is 20.3 Å². The first kappa shape index (κ1) is 26.5. The molecule has 0 amide bonds. The summed E-state index contributed by atoms with van der Waals surface area (Å²) in [6, 6.07) is 0.892. The van der Waals surface area contributed by atoms with Gasteiger partial charge in [-0.25, -0.2) is 4.67 Å². The monoisotopic (exact) mass is 455 g/mol. The molecule has 30 heavy (non-hydrogen) atoms. The number of nitrogens with zero attached hydrogens (tertiary/aromatic N) is 1. The van der Waals surface area contributed by atoms with Crippen LogP contribution in [0.1, 0.15) is 92.4 Å². The lowest BCUT2D eigenvalue weighted by Crippen LogP contribution is -2.33. The van der Waals surface area contributed by atoms with E-state index < -0.39 is 8.53 Å². The minimum atomic E-state index is -0.930. The molecule has 0 radical (unpaired) electrons. The fraction of sp³-hybridized carbons (Fsp3) is 0.920. The zero-order valence-corrected chi connectivity index (χ0v) is 21.9. The van der Waals surface area contributed by atoms with Crippen molar-refractivity contribution in [3.05, 3.63) is 0 Å². The maximum atomic E-state index is 6.22. The van der Waals surface area contributed by atoms with Crippen molar-refractivity contribution in [2.24, 2.45) is 17.8 Å². The van der Waals surface area contributed by atoms with Crippen LogP contribution in [0, 0.1) is 29.6 Å². The Bertz CT molecular complexity index is 493. The molecule has 0 aromatic rings. The van der Waals surface area contributed by atoms with E-state index in [-0.39, 0.29) is 0 Å². The Hall–Kier alpha value is 0.220. The third-order valence-corrected chi connectivity index (χ3v) is 9.49. The second-order valence-corrected chi connectivity index (χ2v) is 12.0. The Morgan fingerprint density at radius 1 is 0.900 bits per heavy atom. The summed E-state index contributed by atoms with van der Waals surface area (Å²) in [5, 5.41) is 0. The van der Waals surface area contributed by atoms with Gasteiger partial charge in [0.1, 0.15) is 0 Å². The Balaban J connectivity index is 1.50. The SMILES string of the molecule is CCCOP(OCCCCCCSC[C@@H]1[C@@H]2CCC#CCC[C@@H]21)N(C(C)C)C(C)C. The van der Waals surface area contributed by atoms with Crippen molar-refractivity contribution in [2.75, 3.05) is 24.7 Å². The Morgan fingerprint density at radius 2 is 1.50 bits per heavy atom. The normalized spacial score (nSPS) is 24.3. The van der Waals surface area contributed by atoms with Crippen LogP contribution < -0.4 is 0 Å². The molecule has 3 nitrogen and oxygen atoms in total. The lowest BCUT2D eigenvalue weighted by molar-refractivity contribution is 0.172. The van der Waals surface area contributed by atoms with Crippen LogP contribution in [-0.4, -0.2) is 41.5 Å². The topological polar surface area (TPSA) is 21.7 Å². The molecule has 0 aromatic heterocycles. The summed E-state index contributed by atoms with van der Waals surface area (Å²) in [5.74, 6) is 12.4. The molecule has 0 heterocycles. The number of unbranched alkanes of at least 4 members (excludes halogenated alkanes) is 3. The highest BCUT2D eigenvalue weighted by Crippen LogP contribution is 2.53. The Morgan fingerprint density at radius 3 is 2.10 bits per heavy atom. The maximum absolute atomic E-state index is 6.22. The van der Waals surface area contributed by atoms with E-state index >= 15 is 0 Å². The lowest BCUT2D eigenvalue weighted by Gasteiger charge is -2.35. The molecule has 4 atom stereocenters. The van der Waals surface area contributed by atoms with E-state index in [1.807, 2.05) is 0 Å². The molecule has 5 heteroatoms. The standard InChI is InChI=1S/C25H46NO2PS/c1-6-17-27-29(26(21(2)3)22(4)5)28-18-13-9-10-14-19-30-20-25-23-15-11-7-8-12-16-24(23)25/h21-25H,6,9-20H2,1-5H3/t23-,24+,25-,29?. The molecule has 0 N–H and O–H groups in total. The number of hydrogen-bond acceptors (Lipinski definition) is 4. The second kappa shape index (κ2) is 15.1. The van der Waals surface area contributed by atoms with Crippen LogP contribution in [0.25, 0.3) is 0 Å². The van der Waals surface area contributed by atoms with E-state index in [9.17, 15) is 0 Å². The Labute approximate surface area is 192 Å². The van der Waals surface area contributed by atoms with Crippen LogP contribution in [0.4, 0.5) is 0 Å². The number of fused-ring (bicyclic) bond motifs is 1. The van der Waals surface area contributed by atoms with Crippen LogP contribution in [0.5, 0.6) is 0 Å². The minimum absolute atomic E-state index is 0.446. The van der Waals surface area contributed by atoms with Crippen LogP contribution in [0.2, 0.25) is 0 Å². The summed E-state index contributed by atoms with van der Waals surface area (Å²) in [6.07, 6.45) is 11.1. The maximum Gasteiger partial charge on any atom is 0.259 e. The highest BCUT2D eigenvalue weighted by Gasteiger charge is 2.47. The fourth-order valence-corrected chi connectivity index (χ4v) is 7.68. The van der Waals surface area contributed by atoms with Gasteiger partial charge in [-0.3, -0.25) is 0 Å². The molecular weight excluding hydrogens is 409 g/mol. The second-order valence-electron chi connectivity index (χ2n) is 9.38. The lowest BCUT2D eigenvalue weighted by atomic mass is 10.1. The van der Waals surface area contributed by atoms with Gasteiger partial charge in [-0.1, -0.05) is 19.8 Å². The molecule has 1 fully saturated rings. The third kappa shape index (κ3) is 9.38. The predicted molar refractivity (Wildman–Crippen MR) is 134 cm³/mol. The molecule has 2 aliphatic rings. The molecule has 2 rings (SSSR count). The summed E-state index contributed by atoms with van der Waals surface area (Å²) in [7, 11) is -0.930. The van der Waals surface area contributed by atoms with E-state index in [1.165, 1.54) is 43.6 Å². The molecule has 0 bridgehead atoms. The highest BCUT2D eigenvalue weighted by atomic mass is 32.2. The summed E-state index contributed by atoms with van der Waals surface area (Å²) < 4.78 is 14.7. The van der Waals surface area contributed by atoms with Gasteiger partial charge >= 0.3 is 0 Å². The van der Waals surface area contributed by atoms with Gasteiger partial charge in [0.25, 0.3) is 8.53 Å². The van der Waals surface area contributed by atoms with Crippen molar-refractivity contribution >= 4 is 20.3 Å². The molecule has 2 aliphatic carbocycles. The predicted octanol–water partition coefficient (Wildman–Crippen LogP) is 7.51. The number of rotatable bonds is 16. The first-order valence-electron chi connectivity index (χ1n) is 12.4. The quantitative estimate of drug-likeness (QED) is 0.136. The molecule has 174 valence electrons. The van der Waals surface area contributed by atoms with E-state index in [0.29, 0.717) is 12.1 Å². The average molecular weight is 456 g/mol. The molecule has 1 saturated carbocycles. The van der Waals surface area contributed by atoms with Crippen molar-refractivity contribution in [1.82, 2.24) is 4.67 Å². The van der Waals surface area contributed by atoms with E-state index in [2.05, 4.69) is 62.9 Å². The molecule has 1 unspecified atom stereocenters. The average Bonchev–Trinajstić information content (AvgIpc) is 3.32. The summed E-state index contributed by atoms with van der Waals surface area (Å²) in [6.45, 7) is 12.7. The van der Waals surface area contributed by atoms with Crippen molar-refractivity contribution in [3.8, 4) is 11.8 Å². The van der Waals surface area contributed by atoms with Gasteiger partial charge in [-0.15, -0.1) is 11.8 Å². The molecular formula is C25H46NO2PS. The zero-order valence-electron chi connectivity index (χ0n) is 20.2.